The highest BCUT2D eigenvalue weighted by atomic mass is 16.5. The van der Waals surface area contributed by atoms with Crippen LogP contribution >= 0.6 is 0 Å². The summed E-state index contributed by atoms with van der Waals surface area (Å²) in [6.45, 7) is 1.95. The van der Waals surface area contributed by atoms with Gasteiger partial charge in [0.2, 0.25) is 5.91 Å². The van der Waals surface area contributed by atoms with Gasteiger partial charge in [-0.1, -0.05) is 30.3 Å². The van der Waals surface area contributed by atoms with E-state index in [2.05, 4.69) is 10.4 Å². The van der Waals surface area contributed by atoms with Crippen molar-refractivity contribution < 1.29 is 19.1 Å². The fraction of sp³-hybridized carbons (Fsp3) is 0.412. The SMILES string of the molecule is CCOC(=O)[C@@H](Cc1ccccc1)NC(=O)C1=NN(C)C(=O)CC1. The number of carbonyl (C=O) groups is 3. The number of nitrogens with one attached hydrogen (secondary N) is 1. The molecule has 1 aliphatic heterocycles. The molecule has 0 aromatic heterocycles. The number of hydrogen-bond donors (Lipinski definition) is 1. The van der Waals surface area contributed by atoms with Crippen LogP contribution in [0.15, 0.2) is 35.4 Å². The van der Waals surface area contributed by atoms with Gasteiger partial charge in [-0.3, -0.25) is 9.59 Å². The van der Waals surface area contributed by atoms with Gasteiger partial charge in [-0.15, -0.1) is 0 Å². The van der Waals surface area contributed by atoms with Gasteiger partial charge < -0.3 is 10.1 Å². The van der Waals surface area contributed by atoms with Crippen molar-refractivity contribution in [2.45, 2.75) is 32.2 Å². The Labute approximate surface area is 140 Å². The van der Waals surface area contributed by atoms with E-state index < -0.39 is 17.9 Å². The molecule has 0 saturated heterocycles. The van der Waals surface area contributed by atoms with Crippen molar-refractivity contribution in [1.82, 2.24) is 10.3 Å². The number of nitrogens with zero attached hydrogens (tertiary/aromatic N) is 2. The number of rotatable bonds is 6. The van der Waals surface area contributed by atoms with Crippen LogP contribution in [0.2, 0.25) is 0 Å². The second-order valence-corrected chi connectivity index (χ2v) is 5.43. The van der Waals surface area contributed by atoms with Gasteiger partial charge in [0.1, 0.15) is 11.8 Å². The average molecular weight is 331 g/mol. The van der Waals surface area contributed by atoms with E-state index in [0.29, 0.717) is 6.42 Å². The lowest BCUT2D eigenvalue weighted by molar-refractivity contribution is -0.146. The Morgan fingerprint density at radius 3 is 2.62 bits per heavy atom. The number of carbonyl (C=O) groups excluding carboxylic acids is 3. The van der Waals surface area contributed by atoms with Crippen LogP contribution in [0.1, 0.15) is 25.3 Å². The van der Waals surface area contributed by atoms with Crippen molar-refractivity contribution in [3.8, 4) is 0 Å². The molecule has 1 aromatic carbocycles. The molecule has 2 amide bonds. The van der Waals surface area contributed by atoms with Crippen LogP contribution in [0.25, 0.3) is 0 Å². The molecule has 1 heterocycles. The molecule has 1 N–H and O–H groups in total. The van der Waals surface area contributed by atoms with E-state index in [1.807, 2.05) is 30.3 Å². The Balaban J connectivity index is 2.09. The normalized spacial score (nSPS) is 15.5. The first kappa shape index (κ1) is 17.7. The molecule has 7 heteroatoms. The van der Waals surface area contributed by atoms with Crippen molar-refractivity contribution in [2.24, 2.45) is 5.10 Å². The summed E-state index contributed by atoms with van der Waals surface area (Å²) in [7, 11) is 1.50. The third kappa shape index (κ3) is 4.65. The minimum absolute atomic E-state index is 0.141. The van der Waals surface area contributed by atoms with E-state index in [1.54, 1.807) is 6.92 Å². The average Bonchev–Trinajstić information content (AvgIpc) is 2.57. The summed E-state index contributed by atoms with van der Waals surface area (Å²) >= 11 is 0. The molecule has 0 saturated carbocycles. The van der Waals surface area contributed by atoms with Crippen LogP contribution in [0.5, 0.6) is 0 Å². The van der Waals surface area contributed by atoms with E-state index >= 15 is 0 Å². The fourth-order valence-corrected chi connectivity index (χ4v) is 2.36. The first-order valence-corrected chi connectivity index (χ1v) is 7.86. The summed E-state index contributed by atoms with van der Waals surface area (Å²) in [4.78, 5) is 35.9. The van der Waals surface area contributed by atoms with E-state index in [4.69, 9.17) is 4.74 Å². The second kappa shape index (κ2) is 8.24. The Bertz CT molecular complexity index is 642. The Morgan fingerprint density at radius 1 is 1.29 bits per heavy atom. The molecule has 1 aromatic rings. The largest absolute Gasteiger partial charge is 0.464 e. The lowest BCUT2D eigenvalue weighted by atomic mass is 10.1. The van der Waals surface area contributed by atoms with Crippen molar-refractivity contribution in [3.63, 3.8) is 0 Å². The highest BCUT2D eigenvalue weighted by Crippen LogP contribution is 2.09. The van der Waals surface area contributed by atoms with E-state index in [9.17, 15) is 14.4 Å². The first-order chi connectivity index (χ1) is 11.5. The number of amides is 2. The van der Waals surface area contributed by atoms with Gasteiger partial charge in [-0.2, -0.15) is 5.10 Å². The van der Waals surface area contributed by atoms with Crippen molar-refractivity contribution in [1.29, 1.82) is 0 Å². The minimum Gasteiger partial charge on any atom is -0.464 e. The lowest BCUT2D eigenvalue weighted by Crippen LogP contribution is -2.47. The van der Waals surface area contributed by atoms with Crippen LogP contribution in [0, 0.1) is 0 Å². The Kier molecular flexibility index (Phi) is 6.06. The van der Waals surface area contributed by atoms with Crippen LogP contribution in [0.3, 0.4) is 0 Å². The standard InChI is InChI=1S/C17H21N3O4/c1-3-24-17(23)14(11-12-7-5-4-6-8-12)18-16(22)13-9-10-15(21)20(2)19-13/h4-8,14H,3,9-11H2,1-2H3,(H,18,22)/t14-/m1/s1. The Morgan fingerprint density at radius 2 is 2.00 bits per heavy atom. The molecule has 0 fully saturated rings. The molecule has 0 spiro atoms. The zero-order valence-corrected chi connectivity index (χ0v) is 13.8. The minimum atomic E-state index is -0.800. The van der Waals surface area contributed by atoms with Crippen LogP contribution in [-0.4, -0.2) is 48.2 Å². The Hall–Kier alpha value is -2.70. The first-order valence-electron chi connectivity index (χ1n) is 7.86. The molecule has 0 bridgehead atoms. The number of benzene rings is 1. The lowest BCUT2D eigenvalue weighted by Gasteiger charge is -2.21. The highest BCUT2D eigenvalue weighted by Gasteiger charge is 2.27. The topological polar surface area (TPSA) is 88.1 Å². The van der Waals surface area contributed by atoms with Gasteiger partial charge in [0.25, 0.3) is 5.91 Å². The molecular weight excluding hydrogens is 310 g/mol. The molecule has 1 aliphatic rings. The summed E-state index contributed by atoms with van der Waals surface area (Å²) in [6, 6.07) is 8.57. The monoisotopic (exact) mass is 331 g/mol. The number of hydrogen-bond acceptors (Lipinski definition) is 5. The molecule has 24 heavy (non-hydrogen) atoms. The van der Waals surface area contributed by atoms with Crippen molar-refractivity contribution >= 4 is 23.5 Å². The van der Waals surface area contributed by atoms with E-state index in [-0.39, 0.29) is 31.1 Å². The van der Waals surface area contributed by atoms with Crippen molar-refractivity contribution in [2.75, 3.05) is 13.7 Å². The summed E-state index contributed by atoms with van der Waals surface area (Å²) in [5, 5.41) is 7.79. The third-order valence-electron chi connectivity index (χ3n) is 3.63. The zero-order valence-electron chi connectivity index (χ0n) is 13.8. The second-order valence-electron chi connectivity index (χ2n) is 5.43. The van der Waals surface area contributed by atoms with Crippen LogP contribution in [-0.2, 0) is 25.5 Å². The predicted molar refractivity (Wildman–Crippen MR) is 88.1 cm³/mol. The maximum atomic E-state index is 12.4. The smallest absolute Gasteiger partial charge is 0.328 e. The van der Waals surface area contributed by atoms with Crippen LogP contribution in [0.4, 0.5) is 0 Å². The summed E-state index contributed by atoms with van der Waals surface area (Å²) in [6.07, 6.45) is 0.814. The maximum absolute atomic E-state index is 12.4. The fourth-order valence-electron chi connectivity index (χ4n) is 2.36. The number of ether oxygens (including phenoxy) is 1. The summed E-state index contributed by atoms with van der Waals surface area (Å²) < 4.78 is 5.04. The highest BCUT2D eigenvalue weighted by molar-refractivity contribution is 6.39. The number of hydrazone groups is 1. The van der Waals surface area contributed by atoms with Crippen molar-refractivity contribution in [3.05, 3.63) is 35.9 Å². The summed E-state index contributed by atoms with van der Waals surface area (Å²) in [5.41, 5.74) is 1.15. The van der Waals surface area contributed by atoms with Gasteiger partial charge in [-0.05, 0) is 12.5 Å². The molecule has 7 nitrogen and oxygen atoms in total. The van der Waals surface area contributed by atoms with Gasteiger partial charge in [0.15, 0.2) is 0 Å². The summed E-state index contributed by atoms with van der Waals surface area (Å²) in [5.74, 6) is -1.09. The van der Waals surface area contributed by atoms with Gasteiger partial charge in [0, 0.05) is 26.3 Å². The predicted octanol–water partition coefficient (Wildman–Crippen LogP) is 0.885. The molecule has 1 atom stereocenters. The third-order valence-corrected chi connectivity index (χ3v) is 3.63. The molecule has 0 unspecified atom stereocenters. The molecule has 0 radical (unpaired) electrons. The van der Waals surface area contributed by atoms with Gasteiger partial charge in [0.05, 0.1) is 6.61 Å². The van der Waals surface area contributed by atoms with Gasteiger partial charge in [-0.25, -0.2) is 9.80 Å². The molecule has 128 valence electrons. The van der Waals surface area contributed by atoms with E-state index in [0.717, 1.165) is 10.6 Å². The van der Waals surface area contributed by atoms with E-state index in [1.165, 1.54) is 7.05 Å². The molecular formula is C17H21N3O4. The maximum Gasteiger partial charge on any atom is 0.328 e. The quantitative estimate of drug-likeness (QED) is 0.784. The zero-order chi connectivity index (χ0) is 17.5. The van der Waals surface area contributed by atoms with Crippen LogP contribution < -0.4 is 5.32 Å². The number of esters is 1. The molecule has 2 rings (SSSR count). The molecule has 0 aliphatic carbocycles. The van der Waals surface area contributed by atoms with Gasteiger partial charge >= 0.3 is 5.97 Å².